The number of pyridine rings is 1. The van der Waals surface area contributed by atoms with Crippen molar-refractivity contribution in [3.05, 3.63) is 71.9 Å². The van der Waals surface area contributed by atoms with Crippen molar-refractivity contribution in [1.82, 2.24) is 9.88 Å². The van der Waals surface area contributed by atoms with E-state index in [1.54, 1.807) is 24.4 Å². The van der Waals surface area contributed by atoms with Crippen molar-refractivity contribution < 1.29 is 9.59 Å². The largest absolute Gasteiger partial charge is 0.339 e. The van der Waals surface area contributed by atoms with Gasteiger partial charge < -0.3 is 10.2 Å². The molecule has 5 heteroatoms. The molecule has 1 aliphatic heterocycles. The Labute approximate surface area is 177 Å². The highest BCUT2D eigenvalue weighted by Crippen LogP contribution is 2.45. The fourth-order valence-electron chi connectivity index (χ4n) is 3.53. The van der Waals surface area contributed by atoms with Gasteiger partial charge >= 0.3 is 0 Å². The molecule has 1 saturated carbocycles. The molecule has 1 fully saturated rings. The highest BCUT2D eigenvalue weighted by Gasteiger charge is 2.44. The van der Waals surface area contributed by atoms with Crippen LogP contribution in [0.2, 0.25) is 0 Å². The molecule has 0 bridgehead atoms. The monoisotopic (exact) mass is 401 g/mol. The fraction of sp³-hybridized carbons (Fsp3) is 0.320. The summed E-state index contributed by atoms with van der Waals surface area (Å²) in [7, 11) is 0. The van der Waals surface area contributed by atoms with Crippen LogP contribution in [0.5, 0.6) is 0 Å². The fourth-order valence-corrected chi connectivity index (χ4v) is 3.53. The van der Waals surface area contributed by atoms with Gasteiger partial charge in [0.05, 0.1) is 0 Å². The lowest BCUT2D eigenvalue weighted by Crippen LogP contribution is -2.30. The summed E-state index contributed by atoms with van der Waals surface area (Å²) in [5, 5.41) is 2.86. The number of benzene rings is 1. The number of rotatable bonds is 5. The molecule has 1 aliphatic carbocycles. The van der Waals surface area contributed by atoms with Crippen LogP contribution in [0.3, 0.4) is 0 Å². The lowest BCUT2D eigenvalue weighted by atomic mass is 10.0. The van der Waals surface area contributed by atoms with Gasteiger partial charge in [-0.25, -0.2) is 4.98 Å². The molecule has 0 spiro atoms. The minimum atomic E-state index is -0.227. The number of amides is 2. The summed E-state index contributed by atoms with van der Waals surface area (Å²) in [4.78, 5) is 30.9. The molecule has 1 aromatic carbocycles. The maximum absolute atomic E-state index is 12.6. The lowest BCUT2D eigenvalue weighted by molar-refractivity contribution is -0.125. The van der Waals surface area contributed by atoms with Gasteiger partial charge in [-0.05, 0) is 60.6 Å². The molecular weight excluding hydrogens is 374 g/mol. The van der Waals surface area contributed by atoms with Crippen LogP contribution in [0.1, 0.15) is 43.7 Å². The molecular formula is C25H27N3O2. The summed E-state index contributed by atoms with van der Waals surface area (Å²) < 4.78 is 0. The Hall–Kier alpha value is -3.21. The van der Waals surface area contributed by atoms with Crippen LogP contribution >= 0.6 is 0 Å². The molecule has 2 aromatic rings. The number of hydrogen-bond acceptors (Lipinski definition) is 3. The van der Waals surface area contributed by atoms with Crippen LogP contribution in [-0.2, 0) is 9.59 Å². The molecule has 2 heterocycles. The van der Waals surface area contributed by atoms with Gasteiger partial charge in [0.15, 0.2) is 0 Å². The van der Waals surface area contributed by atoms with Gasteiger partial charge in [0.25, 0.3) is 0 Å². The Kier molecular flexibility index (Phi) is 5.79. The van der Waals surface area contributed by atoms with Crippen LogP contribution < -0.4 is 5.32 Å². The van der Waals surface area contributed by atoms with E-state index >= 15 is 0 Å². The molecule has 0 radical (unpaired) electrons. The van der Waals surface area contributed by atoms with Crippen LogP contribution in [0.25, 0.3) is 11.6 Å². The van der Waals surface area contributed by atoms with Crippen molar-refractivity contribution in [1.29, 1.82) is 0 Å². The Balaban J connectivity index is 1.31. The van der Waals surface area contributed by atoms with Gasteiger partial charge in [0.2, 0.25) is 11.8 Å². The molecule has 2 amide bonds. The van der Waals surface area contributed by atoms with E-state index in [1.807, 2.05) is 36.1 Å². The van der Waals surface area contributed by atoms with E-state index < -0.39 is 0 Å². The van der Waals surface area contributed by atoms with E-state index in [9.17, 15) is 9.59 Å². The van der Waals surface area contributed by atoms with Crippen LogP contribution in [-0.4, -0.2) is 34.8 Å². The smallest absolute Gasteiger partial charge is 0.246 e. The zero-order chi connectivity index (χ0) is 21.0. The third-order valence-corrected chi connectivity index (χ3v) is 5.89. The van der Waals surface area contributed by atoms with E-state index in [1.165, 1.54) is 11.1 Å². The number of anilines is 1. The third kappa shape index (κ3) is 4.85. The molecule has 154 valence electrons. The van der Waals surface area contributed by atoms with E-state index in [2.05, 4.69) is 28.5 Å². The number of aromatic nitrogens is 1. The molecule has 0 unspecified atom stereocenters. The first-order valence-corrected chi connectivity index (χ1v) is 10.5. The Morgan fingerprint density at radius 2 is 1.90 bits per heavy atom. The highest BCUT2D eigenvalue weighted by atomic mass is 16.2. The molecule has 0 saturated heterocycles. The molecule has 0 atom stereocenters. The predicted octanol–water partition coefficient (Wildman–Crippen LogP) is 4.54. The van der Waals surface area contributed by atoms with Crippen molar-refractivity contribution in [3.8, 4) is 0 Å². The summed E-state index contributed by atoms with van der Waals surface area (Å²) in [6.07, 6.45) is 10.9. The minimum absolute atomic E-state index is 0.0109. The summed E-state index contributed by atoms with van der Waals surface area (Å²) >= 11 is 0. The van der Waals surface area contributed by atoms with Gasteiger partial charge in [0, 0.05) is 30.8 Å². The summed E-state index contributed by atoms with van der Waals surface area (Å²) in [6.45, 7) is 3.40. The topological polar surface area (TPSA) is 62.3 Å². The predicted molar refractivity (Wildman–Crippen MR) is 119 cm³/mol. The number of nitrogens with one attached hydrogen (secondary N) is 1. The molecule has 1 N–H and O–H groups in total. The number of nitrogens with zero attached hydrogens (tertiary/aromatic N) is 2. The number of carbonyl (C=O) groups excluding carboxylic acids is 2. The second kappa shape index (κ2) is 8.66. The summed E-state index contributed by atoms with van der Waals surface area (Å²) in [5.41, 5.74) is 3.14. The molecule has 4 rings (SSSR count). The highest BCUT2D eigenvalue weighted by molar-refractivity contribution is 5.96. The average molecular weight is 402 g/mol. The summed E-state index contributed by atoms with van der Waals surface area (Å²) in [6, 6.07) is 14.0. The van der Waals surface area contributed by atoms with Crippen LogP contribution in [0.15, 0.2) is 60.8 Å². The van der Waals surface area contributed by atoms with Gasteiger partial charge in [-0.1, -0.05) is 43.3 Å². The van der Waals surface area contributed by atoms with Crippen LogP contribution in [0, 0.1) is 5.41 Å². The Bertz CT molecular complexity index is 973. The van der Waals surface area contributed by atoms with E-state index in [0.29, 0.717) is 12.4 Å². The third-order valence-electron chi connectivity index (χ3n) is 5.89. The first-order chi connectivity index (χ1) is 14.5. The Morgan fingerprint density at radius 3 is 2.60 bits per heavy atom. The first kappa shape index (κ1) is 20.1. The maximum Gasteiger partial charge on any atom is 0.246 e. The van der Waals surface area contributed by atoms with E-state index in [4.69, 9.17) is 0 Å². The SMILES string of the molecule is CC1(C(=O)Nc2ccc(/C=C/C(=O)N3CCC=C(c4ccccc4)CC3)cn2)CC1. The second-order valence-corrected chi connectivity index (χ2v) is 8.28. The zero-order valence-electron chi connectivity index (χ0n) is 17.3. The maximum atomic E-state index is 12.6. The lowest BCUT2D eigenvalue weighted by Gasteiger charge is -2.18. The van der Waals surface area contributed by atoms with E-state index in [0.717, 1.165) is 37.8 Å². The van der Waals surface area contributed by atoms with Gasteiger partial charge in [-0.15, -0.1) is 0 Å². The molecule has 5 nitrogen and oxygen atoms in total. The van der Waals surface area contributed by atoms with Gasteiger partial charge in [-0.3, -0.25) is 9.59 Å². The molecule has 30 heavy (non-hydrogen) atoms. The van der Waals surface area contributed by atoms with E-state index in [-0.39, 0.29) is 17.2 Å². The average Bonchev–Trinajstić information content (AvgIpc) is 3.57. The number of carbonyl (C=O) groups is 2. The second-order valence-electron chi connectivity index (χ2n) is 8.28. The normalized spacial score (nSPS) is 17.9. The minimum Gasteiger partial charge on any atom is -0.339 e. The number of hydrogen-bond donors (Lipinski definition) is 1. The quantitative estimate of drug-likeness (QED) is 0.748. The van der Waals surface area contributed by atoms with Gasteiger partial charge in [-0.2, -0.15) is 0 Å². The summed E-state index contributed by atoms with van der Waals surface area (Å²) in [5.74, 6) is 0.582. The molecule has 1 aromatic heterocycles. The van der Waals surface area contributed by atoms with Crippen molar-refractivity contribution in [2.24, 2.45) is 5.41 Å². The van der Waals surface area contributed by atoms with Crippen molar-refractivity contribution >= 4 is 29.3 Å². The van der Waals surface area contributed by atoms with Crippen molar-refractivity contribution in [3.63, 3.8) is 0 Å². The van der Waals surface area contributed by atoms with Gasteiger partial charge in [0.1, 0.15) is 5.82 Å². The molecule has 2 aliphatic rings. The van der Waals surface area contributed by atoms with Crippen molar-refractivity contribution in [2.75, 3.05) is 18.4 Å². The van der Waals surface area contributed by atoms with Crippen LogP contribution in [0.4, 0.5) is 5.82 Å². The standard InChI is InChI=1S/C25H27N3O2/c1-25(14-15-25)24(30)27-22-11-9-19(18-26-22)10-12-23(29)28-16-5-8-21(13-17-28)20-6-3-2-4-7-20/h2-4,6-12,18H,5,13-17H2,1H3,(H,26,27,30)/b12-10+. The van der Waals surface area contributed by atoms with Crippen molar-refractivity contribution in [2.45, 2.75) is 32.6 Å². The zero-order valence-corrected chi connectivity index (χ0v) is 17.3. The first-order valence-electron chi connectivity index (χ1n) is 10.5. The Morgan fingerprint density at radius 1 is 1.10 bits per heavy atom.